The lowest BCUT2D eigenvalue weighted by Crippen LogP contribution is -2.43. The molecule has 3 amide bonds. The molecule has 1 aliphatic heterocycles. The Morgan fingerprint density at radius 2 is 1.13 bits per heavy atom. The molecule has 0 aromatic heterocycles. The third-order valence-corrected chi connectivity index (χ3v) is 6.36. The van der Waals surface area contributed by atoms with E-state index >= 15 is 0 Å². The minimum Gasteiger partial charge on any atom is -0.319 e. The van der Waals surface area contributed by atoms with Gasteiger partial charge < -0.3 is 5.32 Å². The van der Waals surface area contributed by atoms with E-state index in [0.717, 1.165) is 18.4 Å². The molecule has 2 N–H and O–H groups in total. The fourth-order valence-electron chi connectivity index (χ4n) is 4.50. The summed E-state index contributed by atoms with van der Waals surface area (Å²) in [6.45, 7) is 2.27. The number of carbonyl (C=O) groups is 2. The molecule has 1 saturated heterocycles. The van der Waals surface area contributed by atoms with Gasteiger partial charge in [-0.25, -0.2) is 4.79 Å². The number of benzene rings is 1. The van der Waals surface area contributed by atoms with Crippen molar-refractivity contribution in [2.75, 3.05) is 0 Å². The van der Waals surface area contributed by atoms with E-state index in [1.807, 2.05) is 30.3 Å². The fraction of sp³-hybridized carbons (Fsp3) is 0.692. The highest BCUT2D eigenvalue weighted by atomic mass is 16.2. The molecule has 0 radical (unpaired) electrons. The Bertz CT molecular complexity index is 617. The molecule has 0 unspecified atom stereocenters. The van der Waals surface area contributed by atoms with Crippen molar-refractivity contribution < 1.29 is 9.59 Å². The Morgan fingerprint density at radius 1 is 0.667 bits per heavy atom. The van der Waals surface area contributed by atoms with E-state index in [1.54, 1.807) is 0 Å². The van der Waals surface area contributed by atoms with Crippen LogP contribution in [0.5, 0.6) is 0 Å². The molecule has 30 heavy (non-hydrogen) atoms. The molecule has 1 fully saturated rings. The third-order valence-electron chi connectivity index (χ3n) is 6.36. The van der Waals surface area contributed by atoms with Crippen LogP contribution in [-0.4, -0.2) is 11.9 Å². The summed E-state index contributed by atoms with van der Waals surface area (Å²) in [6.07, 6.45) is 20.4. The van der Waals surface area contributed by atoms with Gasteiger partial charge in [-0.1, -0.05) is 134 Å². The van der Waals surface area contributed by atoms with Crippen LogP contribution < -0.4 is 10.6 Å². The van der Waals surface area contributed by atoms with Crippen molar-refractivity contribution in [3.8, 4) is 0 Å². The summed E-state index contributed by atoms with van der Waals surface area (Å²) >= 11 is 0. The molecule has 4 nitrogen and oxygen atoms in total. The lowest BCUT2D eigenvalue weighted by Gasteiger charge is -2.26. The van der Waals surface area contributed by atoms with E-state index in [-0.39, 0.29) is 11.9 Å². The SMILES string of the molecule is CCCCCCCCCCCCCCCCC[C@@]1(c2ccccc2)NC(=O)NC1=O. The second-order valence-electron chi connectivity index (χ2n) is 8.88. The van der Waals surface area contributed by atoms with Gasteiger partial charge in [-0.3, -0.25) is 10.1 Å². The van der Waals surface area contributed by atoms with Crippen molar-refractivity contribution in [2.24, 2.45) is 0 Å². The molecule has 4 heteroatoms. The van der Waals surface area contributed by atoms with E-state index in [2.05, 4.69) is 17.6 Å². The predicted molar refractivity (Wildman–Crippen MR) is 124 cm³/mol. The first-order valence-electron chi connectivity index (χ1n) is 12.4. The van der Waals surface area contributed by atoms with Crippen molar-refractivity contribution in [1.82, 2.24) is 10.6 Å². The van der Waals surface area contributed by atoms with Gasteiger partial charge in [0.15, 0.2) is 0 Å². The second kappa shape index (κ2) is 14.2. The molecule has 1 heterocycles. The number of imide groups is 1. The van der Waals surface area contributed by atoms with Crippen molar-refractivity contribution in [3.63, 3.8) is 0 Å². The molecular formula is C26H42N2O2. The van der Waals surface area contributed by atoms with Gasteiger partial charge in [0.25, 0.3) is 5.91 Å². The smallest absolute Gasteiger partial charge is 0.319 e. The fourth-order valence-corrected chi connectivity index (χ4v) is 4.50. The Balaban J connectivity index is 1.52. The highest BCUT2D eigenvalue weighted by Crippen LogP contribution is 2.31. The minimum absolute atomic E-state index is 0.218. The van der Waals surface area contributed by atoms with E-state index < -0.39 is 5.54 Å². The van der Waals surface area contributed by atoms with Gasteiger partial charge in [0.1, 0.15) is 5.54 Å². The van der Waals surface area contributed by atoms with Gasteiger partial charge in [-0.15, -0.1) is 0 Å². The number of nitrogens with one attached hydrogen (secondary N) is 2. The first-order chi connectivity index (χ1) is 14.7. The first kappa shape index (κ1) is 24.4. The number of amides is 3. The standard InChI is InChI=1S/C26H42N2O2/c1-2-3-4-5-6-7-8-9-10-11-12-13-14-15-19-22-26(23-20-17-16-18-21-23)24(29)27-25(30)28-26/h16-18,20-21H,2-15,19,22H2,1H3,(H2,27,28,29,30)/t26-/m0/s1. The van der Waals surface area contributed by atoms with Crippen LogP contribution in [0.15, 0.2) is 30.3 Å². The maximum absolute atomic E-state index is 12.5. The molecular weight excluding hydrogens is 372 g/mol. The third kappa shape index (κ3) is 8.12. The Labute approximate surface area is 183 Å². The zero-order valence-corrected chi connectivity index (χ0v) is 19.0. The van der Waals surface area contributed by atoms with Crippen molar-refractivity contribution in [2.45, 2.75) is 115 Å². The molecule has 1 aromatic rings. The normalized spacial score (nSPS) is 18.4. The van der Waals surface area contributed by atoms with Crippen molar-refractivity contribution >= 4 is 11.9 Å². The van der Waals surface area contributed by atoms with Gasteiger partial charge in [-0.2, -0.15) is 0 Å². The summed E-state index contributed by atoms with van der Waals surface area (Å²) in [5.41, 5.74) is -0.0202. The van der Waals surface area contributed by atoms with Crippen LogP contribution in [0.25, 0.3) is 0 Å². The van der Waals surface area contributed by atoms with E-state index in [9.17, 15) is 9.59 Å². The molecule has 0 spiro atoms. The number of carbonyl (C=O) groups excluding carboxylic acids is 2. The summed E-state index contributed by atoms with van der Waals surface area (Å²) in [4.78, 5) is 24.3. The van der Waals surface area contributed by atoms with Crippen LogP contribution in [0, 0.1) is 0 Å². The van der Waals surface area contributed by atoms with Crippen molar-refractivity contribution in [1.29, 1.82) is 0 Å². The van der Waals surface area contributed by atoms with Gasteiger partial charge in [0.2, 0.25) is 0 Å². The van der Waals surface area contributed by atoms with E-state index in [0.29, 0.717) is 6.42 Å². The molecule has 0 bridgehead atoms. The summed E-state index contributed by atoms with van der Waals surface area (Å²) in [6, 6.07) is 9.24. The zero-order chi connectivity index (χ0) is 21.5. The maximum atomic E-state index is 12.5. The zero-order valence-electron chi connectivity index (χ0n) is 19.0. The average molecular weight is 415 g/mol. The summed E-state index contributed by atoms with van der Waals surface area (Å²) in [5, 5.41) is 5.30. The van der Waals surface area contributed by atoms with Gasteiger partial charge in [0.05, 0.1) is 0 Å². The molecule has 2 rings (SSSR count). The topological polar surface area (TPSA) is 58.2 Å². The summed E-state index contributed by atoms with van der Waals surface area (Å²) in [7, 11) is 0. The first-order valence-corrected chi connectivity index (χ1v) is 12.4. The van der Waals surface area contributed by atoms with Gasteiger partial charge in [0, 0.05) is 0 Å². The molecule has 0 saturated carbocycles. The number of urea groups is 1. The molecule has 1 aromatic carbocycles. The predicted octanol–water partition coefficient (Wildman–Crippen LogP) is 6.98. The Kier molecular flexibility index (Phi) is 11.6. The molecule has 1 atom stereocenters. The second-order valence-corrected chi connectivity index (χ2v) is 8.88. The van der Waals surface area contributed by atoms with Crippen molar-refractivity contribution in [3.05, 3.63) is 35.9 Å². The monoisotopic (exact) mass is 414 g/mol. The van der Waals surface area contributed by atoms with Crippen LogP contribution in [0.2, 0.25) is 0 Å². The maximum Gasteiger partial charge on any atom is 0.322 e. The van der Waals surface area contributed by atoms with Gasteiger partial charge >= 0.3 is 6.03 Å². The number of hydrogen-bond donors (Lipinski definition) is 2. The van der Waals surface area contributed by atoms with Crippen LogP contribution in [0.3, 0.4) is 0 Å². The quantitative estimate of drug-likeness (QED) is 0.213. The van der Waals surface area contributed by atoms with Crippen LogP contribution in [-0.2, 0) is 10.3 Å². The van der Waals surface area contributed by atoms with Crippen LogP contribution in [0.4, 0.5) is 4.79 Å². The lowest BCUT2D eigenvalue weighted by atomic mass is 9.84. The summed E-state index contributed by atoms with van der Waals surface area (Å²) < 4.78 is 0. The number of rotatable bonds is 17. The number of hydrogen-bond acceptors (Lipinski definition) is 2. The Morgan fingerprint density at radius 3 is 1.57 bits per heavy atom. The highest BCUT2D eigenvalue weighted by Gasteiger charge is 2.46. The molecule has 1 aliphatic rings. The molecule has 168 valence electrons. The largest absolute Gasteiger partial charge is 0.322 e. The van der Waals surface area contributed by atoms with Crippen LogP contribution in [0.1, 0.15) is 115 Å². The number of unbranched alkanes of at least 4 members (excludes halogenated alkanes) is 14. The average Bonchev–Trinajstić information content (AvgIpc) is 3.05. The highest BCUT2D eigenvalue weighted by molar-refractivity contribution is 6.07. The van der Waals surface area contributed by atoms with E-state index in [4.69, 9.17) is 0 Å². The summed E-state index contributed by atoms with van der Waals surface area (Å²) in [5.74, 6) is -0.218. The minimum atomic E-state index is -0.894. The lowest BCUT2D eigenvalue weighted by molar-refractivity contribution is -0.124. The van der Waals surface area contributed by atoms with E-state index in [1.165, 1.54) is 83.5 Å². The van der Waals surface area contributed by atoms with Crippen LogP contribution >= 0.6 is 0 Å². The van der Waals surface area contributed by atoms with Gasteiger partial charge in [-0.05, 0) is 12.0 Å². The Hall–Kier alpha value is -1.84. The molecule has 0 aliphatic carbocycles.